The molecule has 128 valence electrons. The van der Waals surface area contributed by atoms with Gasteiger partial charge in [0.25, 0.3) is 0 Å². The number of ether oxygens (including phenoxy) is 3. The molecule has 0 rings (SSSR count). The number of methoxy groups -OCH3 is 1. The Bertz CT molecular complexity index is 213. The van der Waals surface area contributed by atoms with Crippen molar-refractivity contribution in [3.8, 4) is 0 Å². The minimum atomic E-state index is -0.467. The Kier molecular flexibility index (Phi) is 13.5. The van der Waals surface area contributed by atoms with E-state index in [1.807, 2.05) is 13.8 Å². The van der Waals surface area contributed by atoms with Crippen molar-refractivity contribution < 1.29 is 14.2 Å². The first-order chi connectivity index (χ1) is 10.1. The largest absolute Gasteiger partial charge is 0.385 e. The summed E-state index contributed by atoms with van der Waals surface area (Å²) < 4.78 is 17.2. The van der Waals surface area contributed by atoms with Crippen molar-refractivity contribution in [2.45, 2.75) is 84.8 Å². The molecule has 3 nitrogen and oxygen atoms in total. The number of rotatable bonds is 15. The Morgan fingerprint density at radius 2 is 1.38 bits per heavy atom. The summed E-state index contributed by atoms with van der Waals surface area (Å²) in [5.41, 5.74) is 0. The van der Waals surface area contributed by atoms with Crippen LogP contribution in [0, 0.1) is 5.92 Å². The zero-order valence-electron chi connectivity index (χ0n) is 15.1. The highest BCUT2D eigenvalue weighted by Gasteiger charge is 2.34. The van der Waals surface area contributed by atoms with Gasteiger partial charge >= 0.3 is 0 Å². The van der Waals surface area contributed by atoms with Crippen LogP contribution in [0.4, 0.5) is 0 Å². The fourth-order valence-corrected chi connectivity index (χ4v) is 2.95. The van der Waals surface area contributed by atoms with Crippen molar-refractivity contribution in [3.05, 3.63) is 0 Å². The summed E-state index contributed by atoms with van der Waals surface area (Å²) in [6, 6.07) is 0. The van der Waals surface area contributed by atoms with Crippen LogP contribution >= 0.6 is 0 Å². The minimum absolute atomic E-state index is 0.406. The normalized spacial score (nSPS) is 13.6. The van der Waals surface area contributed by atoms with Gasteiger partial charge in [-0.05, 0) is 33.6 Å². The first kappa shape index (κ1) is 20.9. The summed E-state index contributed by atoms with van der Waals surface area (Å²) >= 11 is 0. The molecule has 0 radical (unpaired) electrons. The van der Waals surface area contributed by atoms with Crippen molar-refractivity contribution in [2.75, 3.05) is 26.9 Å². The van der Waals surface area contributed by atoms with Crippen LogP contribution in [0.3, 0.4) is 0 Å². The summed E-state index contributed by atoms with van der Waals surface area (Å²) in [6.07, 6.45) is 10.1. The van der Waals surface area contributed by atoms with Crippen LogP contribution in [0.25, 0.3) is 0 Å². The third kappa shape index (κ3) is 9.49. The standard InChI is InChI=1S/C18H38O3/c1-6-9-10-11-12-13-14-17(15-16-19-5)18(4,20-7-2)21-8-3/h17H,6-16H2,1-5H3. The summed E-state index contributed by atoms with van der Waals surface area (Å²) in [5.74, 6) is -0.0608. The Labute approximate surface area is 132 Å². The second-order valence-corrected chi connectivity index (χ2v) is 5.92. The van der Waals surface area contributed by atoms with Crippen LogP contribution in [-0.4, -0.2) is 32.7 Å². The zero-order chi connectivity index (χ0) is 16.0. The summed E-state index contributed by atoms with van der Waals surface area (Å²) in [4.78, 5) is 0. The van der Waals surface area contributed by atoms with E-state index in [-0.39, 0.29) is 0 Å². The van der Waals surface area contributed by atoms with Gasteiger partial charge in [-0.25, -0.2) is 0 Å². The van der Waals surface area contributed by atoms with Gasteiger partial charge in [-0.1, -0.05) is 45.4 Å². The van der Waals surface area contributed by atoms with Gasteiger partial charge in [0.2, 0.25) is 0 Å². The first-order valence-electron chi connectivity index (χ1n) is 8.91. The molecule has 0 saturated carbocycles. The quantitative estimate of drug-likeness (QED) is 0.308. The Morgan fingerprint density at radius 3 is 1.90 bits per heavy atom. The lowest BCUT2D eigenvalue weighted by atomic mass is 9.90. The van der Waals surface area contributed by atoms with Crippen molar-refractivity contribution in [3.63, 3.8) is 0 Å². The van der Waals surface area contributed by atoms with Crippen LogP contribution < -0.4 is 0 Å². The van der Waals surface area contributed by atoms with E-state index in [1.54, 1.807) is 7.11 Å². The third-order valence-corrected chi connectivity index (χ3v) is 4.18. The maximum absolute atomic E-state index is 5.95. The molecule has 0 spiro atoms. The van der Waals surface area contributed by atoms with Crippen molar-refractivity contribution in [1.29, 1.82) is 0 Å². The molecule has 0 saturated heterocycles. The lowest BCUT2D eigenvalue weighted by Gasteiger charge is -2.37. The Morgan fingerprint density at radius 1 is 0.810 bits per heavy atom. The van der Waals surface area contributed by atoms with E-state index >= 15 is 0 Å². The molecule has 0 N–H and O–H groups in total. The van der Waals surface area contributed by atoms with E-state index in [9.17, 15) is 0 Å². The van der Waals surface area contributed by atoms with Gasteiger partial charge < -0.3 is 14.2 Å². The van der Waals surface area contributed by atoms with Gasteiger partial charge in [0, 0.05) is 32.8 Å². The SMILES string of the molecule is CCCCCCCCC(CCOC)C(C)(OCC)OCC. The third-order valence-electron chi connectivity index (χ3n) is 4.18. The van der Waals surface area contributed by atoms with Gasteiger partial charge in [0.05, 0.1) is 0 Å². The van der Waals surface area contributed by atoms with Crippen molar-refractivity contribution >= 4 is 0 Å². The molecule has 0 bridgehead atoms. The monoisotopic (exact) mass is 302 g/mol. The van der Waals surface area contributed by atoms with Crippen LogP contribution in [0.15, 0.2) is 0 Å². The van der Waals surface area contributed by atoms with Gasteiger partial charge in [0.15, 0.2) is 5.79 Å². The smallest absolute Gasteiger partial charge is 0.168 e. The molecule has 3 heteroatoms. The molecule has 0 heterocycles. The summed E-state index contributed by atoms with van der Waals surface area (Å²) in [6.45, 7) is 10.6. The van der Waals surface area contributed by atoms with E-state index in [1.165, 1.54) is 38.5 Å². The second-order valence-electron chi connectivity index (χ2n) is 5.92. The van der Waals surface area contributed by atoms with Crippen LogP contribution in [0.2, 0.25) is 0 Å². The van der Waals surface area contributed by atoms with Crippen LogP contribution in [-0.2, 0) is 14.2 Å². The molecule has 0 aromatic rings. The second kappa shape index (κ2) is 13.5. The van der Waals surface area contributed by atoms with E-state index in [2.05, 4.69) is 13.8 Å². The molecular formula is C18H38O3. The predicted molar refractivity (Wildman–Crippen MR) is 89.6 cm³/mol. The van der Waals surface area contributed by atoms with Crippen LogP contribution in [0.5, 0.6) is 0 Å². The molecule has 0 amide bonds. The van der Waals surface area contributed by atoms with Gasteiger partial charge in [-0.2, -0.15) is 0 Å². The molecule has 21 heavy (non-hydrogen) atoms. The molecule has 1 atom stereocenters. The van der Waals surface area contributed by atoms with E-state index in [0.717, 1.165) is 19.4 Å². The fraction of sp³-hybridized carbons (Fsp3) is 1.00. The van der Waals surface area contributed by atoms with Gasteiger partial charge in [-0.3, -0.25) is 0 Å². The average molecular weight is 302 g/mol. The van der Waals surface area contributed by atoms with Crippen molar-refractivity contribution in [1.82, 2.24) is 0 Å². The molecule has 0 aliphatic rings. The maximum atomic E-state index is 5.95. The highest BCUT2D eigenvalue weighted by molar-refractivity contribution is 4.76. The number of unbranched alkanes of at least 4 members (excludes halogenated alkanes) is 5. The Balaban J connectivity index is 4.32. The van der Waals surface area contributed by atoms with Crippen molar-refractivity contribution in [2.24, 2.45) is 5.92 Å². The van der Waals surface area contributed by atoms with E-state index < -0.39 is 5.79 Å². The van der Waals surface area contributed by atoms with E-state index in [0.29, 0.717) is 19.1 Å². The topological polar surface area (TPSA) is 27.7 Å². The van der Waals surface area contributed by atoms with Gasteiger partial charge in [-0.15, -0.1) is 0 Å². The molecule has 0 fully saturated rings. The summed E-state index contributed by atoms with van der Waals surface area (Å²) in [7, 11) is 1.76. The lowest BCUT2D eigenvalue weighted by molar-refractivity contribution is -0.255. The summed E-state index contributed by atoms with van der Waals surface area (Å²) in [5, 5.41) is 0. The molecule has 0 aromatic carbocycles. The zero-order valence-corrected chi connectivity index (χ0v) is 15.1. The molecule has 0 aromatic heterocycles. The first-order valence-corrected chi connectivity index (χ1v) is 8.91. The average Bonchev–Trinajstić information content (AvgIpc) is 2.46. The van der Waals surface area contributed by atoms with Crippen LogP contribution in [0.1, 0.15) is 79.1 Å². The number of hydrogen-bond donors (Lipinski definition) is 0. The molecule has 0 aliphatic carbocycles. The van der Waals surface area contributed by atoms with Gasteiger partial charge in [0.1, 0.15) is 0 Å². The predicted octanol–water partition coefficient (Wildman–Crippen LogP) is 5.18. The highest BCUT2D eigenvalue weighted by atomic mass is 16.7. The highest BCUT2D eigenvalue weighted by Crippen LogP contribution is 2.31. The maximum Gasteiger partial charge on any atom is 0.168 e. The molecule has 0 aliphatic heterocycles. The minimum Gasteiger partial charge on any atom is -0.385 e. The number of hydrogen-bond acceptors (Lipinski definition) is 3. The molecular weight excluding hydrogens is 264 g/mol. The lowest BCUT2D eigenvalue weighted by Crippen LogP contribution is -2.41. The fourth-order valence-electron chi connectivity index (χ4n) is 2.95. The molecule has 1 unspecified atom stereocenters. The van der Waals surface area contributed by atoms with E-state index in [4.69, 9.17) is 14.2 Å². The Hall–Kier alpha value is -0.120.